The number of hydrogen-bond acceptors (Lipinski definition) is 7. The summed E-state index contributed by atoms with van der Waals surface area (Å²) in [6.07, 6.45) is 1.46. The number of anilines is 1. The third-order valence-electron chi connectivity index (χ3n) is 5.69. The summed E-state index contributed by atoms with van der Waals surface area (Å²) in [5.41, 5.74) is 1.56. The number of aromatic nitrogens is 1. The Kier molecular flexibility index (Phi) is 5.28. The smallest absolute Gasteiger partial charge is 0.329 e. The zero-order valence-electron chi connectivity index (χ0n) is 17.2. The molecule has 162 valence electrons. The first-order chi connectivity index (χ1) is 14.1. The number of carbonyl (C=O) groups excluding carboxylic acids is 2. The minimum absolute atomic E-state index is 0.0625. The zero-order chi connectivity index (χ0) is 21.6. The maximum atomic E-state index is 12.2. The average Bonchev–Trinajstić information content (AvgIpc) is 3.06. The molecule has 0 bridgehead atoms. The quantitative estimate of drug-likeness (QED) is 0.765. The van der Waals surface area contributed by atoms with E-state index in [1.165, 1.54) is 11.2 Å². The largest absolute Gasteiger partial charge is 0.354 e. The Labute approximate surface area is 174 Å². The maximum absolute atomic E-state index is 12.2. The van der Waals surface area contributed by atoms with E-state index in [2.05, 4.69) is 15.4 Å². The van der Waals surface area contributed by atoms with Gasteiger partial charge < -0.3 is 4.52 Å². The van der Waals surface area contributed by atoms with Crippen LogP contribution in [0.25, 0.3) is 11.0 Å². The molecule has 2 aliphatic rings. The topological polar surface area (TPSA) is 116 Å². The molecule has 0 unspecified atom stereocenters. The second-order valence-electron chi connectivity index (χ2n) is 8.05. The molecule has 1 N–H and O–H groups in total. The van der Waals surface area contributed by atoms with Crippen molar-refractivity contribution in [2.75, 3.05) is 30.8 Å². The highest BCUT2D eigenvalue weighted by Gasteiger charge is 2.34. The third kappa shape index (κ3) is 3.92. The summed E-state index contributed by atoms with van der Waals surface area (Å²) in [5, 5.41) is 7.03. The molecule has 2 atom stereocenters. The van der Waals surface area contributed by atoms with Crippen LogP contribution in [0.1, 0.15) is 25.8 Å². The molecule has 1 aromatic heterocycles. The van der Waals surface area contributed by atoms with Crippen LogP contribution in [0.4, 0.5) is 10.6 Å². The van der Waals surface area contributed by atoms with Crippen LogP contribution in [0.5, 0.6) is 0 Å². The van der Waals surface area contributed by atoms with E-state index < -0.39 is 16.1 Å². The number of carbonyl (C=O) groups is 2. The lowest BCUT2D eigenvalue weighted by molar-refractivity contribution is -0.120. The molecular formula is C19H25N5O5S. The fourth-order valence-corrected chi connectivity index (χ4v) is 5.32. The second-order valence-corrected chi connectivity index (χ2v) is 9.99. The molecular weight excluding hydrogens is 410 g/mol. The number of fused-ring (bicyclic) bond motifs is 1. The van der Waals surface area contributed by atoms with Crippen LogP contribution in [0.15, 0.2) is 22.7 Å². The molecule has 10 nitrogen and oxygen atoms in total. The molecule has 11 heteroatoms. The van der Waals surface area contributed by atoms with Crippen molar-refractivity contribution in [1.82, 2.24) is 19.7 Å². The first-order valence-corrected chi connectivity index (χ1v) is 11.7. The van der Waals surface area contributed by atoms with Crippen LogP contribution >= 0.6 is 0 Å². The summed E-state index contributed by atoms with van der Waals surface area (Å²) in [6, 6.07) is 5.14. The predicted molar refractivity (Wildman–Crippen MR) is 110 cm³/mol. The number of nitrogens with one attached hydrogen (secondary N) is 1. The molecule has 0 aliphatic carbocycles. The summed E-state index contributed by atoms with van der Waals surface area (Å²) in [4.78, 5) is 27.3. The molecule has 3 amide bonds. The number of rotatable bonds is 4. The van der Waals surface area contributed by atoms with Gasteiger partial charge in [-0.15, -0.1) is 0 Å². The number of urea groups is 1. The Hall–Kier alpha value is -2.50. The SMILES string of the molecule is C[C@H]1CN(S(C)(=O)=O)[C@@H](C)CN1Cc1ccc2onc(N3CCC(=O)NC3=O)c2c1. The molecule has 0 spiro atoms. The van der Waals surface area contributed by atoms with Crippen molar-refractivity contribution in [2.45, 2.75) is 38.9 Å². The van der Waals surface area contributed by atoms with Gasteiger partial charge in [0.1, 0.15) is 0 Å². The summed E-state index contributed by atoms with van der Waals surface area (Å²) in [7, 11) is -3.23. The lowest BCUT2D eigenvalue weighted by atomic mass is 10.1. The Morgan fingerprint density at radius 1 is 1.20 bits per heavy atom. The van der Waals surface area contributed by atoms with E-state index in [0.29, 0.717) is 36.4 Å². The van der Waals surface area contributed by atoms with Gasteiger partial charge in [0.25, 0.3) is 0 Å². The number of piperazine rings is 1. The van der Waals surface area contributed by atoms with Crippen molar-refractivity contribution in [1.29, 1.82) is 0 Å². The van der Waals surface area contributed by atoms with Crippen LogP contribution in [-0.4, -0.2) is 72.7 Å². The summed E-state index contributed by atoms with van der Waals surface area (Å²) in [6.45, 7) is 5.88. The van der Waals surface area contributed by atoms with E-state index in [0.717, 1.165) is 5.56 Å². The molecule has 0 radical (unpaired) electrons. The maximum Gasteiger partial charge on any atom is 0.329 e. The van der Waals surface area contributed by atoms with E-state index in [9.17, 15) is 18.0 Å². The van der Waals surface area contributed by atoms with Crippen molar-refractivity contribution >= 4 is 38.7 Å². The summed E-state index contributed by atoms with van der Waals surface area (Å²) >= 11 is 0. The highest BCUT2D eigenvalue weighted by Crippen LogP contribution is 2.29. The van der Waals surface area contributed by atoms with Crippen LogP contribution in [-0.2, 0) is 21.4 Å². The number of nitrogens with zero attached hydrogens (tertiary/aromatic N) is 4. The van der Waals surface area contributed by atoms with Gasteiger partial charge in [0.05, 0.1) is 11.6 Å². The molecule has 2 aliphatic heterocycles. The monoisotopic (exact) mass is 435 g/mol. The number of imide groups is 1. The standard InChI is InChI=1S/C19H25N5O5S/c1-12-10-24(30(3,27)28)13(2)9-22(12)11-14-4-5-16-15(8-14)18(21-29-16)23-7-6-17(25)20-19(23)26/h4-5,8,12-13H,6-7,9-11H2,1-3H3,(H,20,25,26)/t12-,13-/m0/s1. The van der Waals surface area contributed by atoms with Crippen LogP contribution in [0.3, 0.4) is 0 Å². The van der Waals surface area contributed by atoms with Crippen molar-refractivity contribution in [3.8, 4) is 0 Å². The first kappa shape index (κ1) is 20.8. The number of hydrogen-bond donors (Lipinski definition) is 1. The van der Waals surface area contributed by atoms with Crippen molar-refractivity contribution in [3.05, 3.63) is 23.8 Å². The zero-order valence-corrected chi connectivity index (χ0v) is 18.0. The van der Waals surface area contributed by atoms with E-state index in [-0.39, 0.29) is 31.0 Å². The average molecular weight is 436 g/mol. The van der Waals surface area contributed by atoms with Gasteiger partial charge in [0.15, 0.2) is 11.4 Å². The van der Waals surface area contributed by atoms with Crippen molar-refractivity contribution in [3.63, 3.8) is 0 Å². The number of sulfonamides is 1. The lowest BCUT2D eigenvalue weighted by Crippen LogP contribution is -2.57. The lowest BCUT2D eigenvalue weighted by Gasteiger charge is -2.42. The Bertz CT molecular complexity index is 1100. The van der Waals surface area contributed by atoms with Crippen molar-refractivity contribution < 1.29 is 22.5 Å². The minimum Gasteiger partial charge on any atom is -0.354 e. The molecule has 1 aromatic carbocycles. The fourth-order valence-electron chi connectivity index (χ4n) is 4.12. The molecule has 2 fully saturated rings. The van der Waals surface area contributed by atoms with Gasteiger partial charge >= 0.3 is 6.03 Å². The van der Waals surface area contributed by atoms with Gasteiger partial charge in [0, 0.05) is 44.7 Å². The van der Waals surface area contributed by atoms with E-state index in [1.54, 1.807) is 4.31 Å². The molecule has 30 heavy (non-hydrogen) atoms. The number of amides is 3. The molecule has 2 aromatic rings. The third-order valence-corrected chi connectivity index (χ3v) is 7.06. The van der Waals surface area contributed by atoms with Gasteiger partial charge in [-0.1, -0.05) is 11.2 Å². The highest BCUT2D eigenvalue weighted by molar-refractivity contribution is 7.88. The molecule has 4 rings (SSSR count). The Morgan fingerprint density at radius 2 is 1.97 bits per heavy atom. The van der Waals surface area contributed by atoms with E-state index in [4.69, 9.17) is 4.52 Å². The van der Waals surface area contributed by atoms with Gasteiger partial charge in [-0.3, -0.25) is 19.9 Å². The summed E-state index contributed by atoms with van der Waals surface area (Å²) < 4.78 is 30.9. The fraction of sp³-hybridized carbons (Fsp3) is 0.526. The van der Waals surface area contributed by atoms with Crippen LogP contribution in [0, 0.1) is 0 Å². The van der Waals surface area contributed by atoms with E-state index >= 15 is 0 Å². The van der Waals surface area contributed by atoms with Gasteiger partial charge in [-0.05, 0) is 31.5 Å². The van der Waals surface area contributed by atoms with Crippen LogP contribution in [0.2, 0.25) is 0 Å². The highest BCUT2D eigenvalue weighted by atomic mass is 32.2. The van der Waals surface area contributed by atoms with Gasteiger partial charge in [0.2, 0.25) is 15.9 Å². The summed E-state index contributed by atoms with van der Waals surface area (Å²) in [5.74, 6) is 0.0845. The second kappa shape index (κ2) is 7.64. The first-order valence-electron chi connectivity index (χ1n) is 9.84. The van der Waals surface area contributed by atoms with Gasteiger partial charge in [-0.2, -0.15) is 4.31 Å². The molecule has 0 saturated carbocycles. The number of benzene rings is 1. The Morgan fingerprint density at radius 3 is 2.67 bits per heavy atom. The minimum atomic E-state index is -3.23. The van der Waals surface area contributed by atoms with Crippen molar-refractivity contribution in [2.24, 2.45) is 0 Å². The van der Waals surface area contributed by atoms with Crippen LogP contribution < -0.4 is 10.2 Å². The molecule has 3 heterocycles. The van der Waals surface area contributed by atoms with E-state index in [1.807, 2.05) is 32.0 Å². The molecule has 2 saturated heterocycles. The van der Waals surface area contributed by atoms with Gasteiger partial charge in [-0.25, -0.2) is 13.2 Å². The normalized spacial score (nSPS) is 24.4. The predicted octanol–water partition coefficient (Wildman–Crippen LogP) is 1.13. The Balaban J connectivity index is 1.56.